The Morgan fingerprint density at radius 1 is 0.441 bits per heavy atom. The zero-order valence-corrected chi connectivity index (χ0v) is 41.8. The van der Waals surface area contributed by atoms with E-state index in [0.29, 0.717) is 26.1 Å². The Balaban J connectivity index is 0.00000112. The Bertz CT molecular complexity index is 1110. The molecule has 0 aliphatic carbocycles. The normalized spacial score (nSPS) is 13.1. The molecule has 0 aliphatic rings. The number of unbranched alkanes of at least 4 members (excludes halogenated alkanes) is 24. The minimum atomic E-state index is -1.57. The van der Waals surface area contributed by atoms with Gasteiger partial charge >= 0.3 is 48.9 Å². The molecule has 8 nitrogen and oxygen atoms in total. The van der Waals surface area contributed by atoms with Crippen molar-refractivity contribution in [2.75, 3.05) is 0 Å². The number of carboxylic acid groups (broad SMARTS) is 2. The van der Waals surface area contributed by atoms with Crippen molar-refractivity contribution in [3.63, 3.8) is 0 Å². The number of carbonyl (C=O) groups is 2. The summed E-state index contributed by atoms with van der Waals surface area (Å²) >= 11 is 0. The molecule has 332 valence electrons. The van der Waals surface area contributed by atoms with Gasteiger partial charge in [-0.3, -0.25) is 0 Å². The summed E-state index contributed by atoms with van der Waals surface area (Å²) in [4.78, 5) is 22.1. The monoisotopic (exact) mass is 949 g/mol. The second kappa shape index (κ2) is 42.1. The van der Waals surface area contributed by atoms with E-state index in [0.717, 1.165) is 49.7 Å². The van der Waals surface area contributed by atoms with Gasteiger partial charge in [0, 0.05) is 0 Å². The standard InChI is InChI=1S/2C25H42O4.Ba/c2*1-2-3-4-5-6-7-8-9-10-11-12-13-17-20-23(24(26)25(27)28)29-21-22-18-15-14-16-19-22;/h2*14-16,18-19,23-24,26H,2-13,17,20-21H2,1H3,(H,27,28);/q;;+2/p-2. The molecular weight excluding hydrogens is 866 g/mol. The zero-order chi connectivity index (χ0) is 42.3. The number of aliphatic hydroxyl groups excluding tert-OH is 2. The first kappa shape index (κ1) is 57.8. The van der Waals surface area contributed by atoms with Gasteiger partial charge in [0.15, 0.2) is 0 Å². The van der Waals surface area contributed by atoms with Crippen LogP contribution in [0, 0.1) is 0 Å². The van der Waals surface area contributed by atoms with Crippen LogP contribution in [0.4, 0.5) is 0 Å². The molecule has 4 unspecified atom stereocenters. The van der Waals surface area contributed by atoms with E-state index < -0.39 is 36.4 Å². The largest absolute Gasteiger partial charge is 2.00 e. The van der Waals surface area contributed by atoms with Crippen molar-refractivity contribution in [3.05, 3.63) is 71.8 Å². The SMILES string of the molecule is CCCCCCCCCCCCCCCC(OCc1ccccc1)C(O)C(=O)[O-].CCCCCCCCCCCCCCCC(OCc1ccccc1)C(O)C(=O)[O-].[Ba+2]. The molecule has 0 heterocycles. The van der Waals surface area contributed by atoms with Crippen LogP contribution in [0.25, 0.3) is 0 Å². The van der Waals surface area contributed by atoms with E-state index >= 15 is 0 Å². The summed E-state index contributed by atoms with van der Waals surface area (Å²) in [6.07, 6.45) is 29.4. The summed E-state index contributed by atoms with van der Waals surface area (Å²) in [7, 11) is 0. The Morgan fingerprint density at radius 3 is 0.915 bits per heavy atom. The van der Waals surface area contributed by atoms with Crippen LogP contribution in [-0.2, 0) is 32.3 Å². The van der Waals surface area contributed by atoms with Gasteiger partial charge < -0.3 is 39.5 Å². The first-order chi connectivity index (χ1) is 28.3. The van der Waals surface area contributed by atoms with Gasteiger partial charge in [-0.15, -0.1) is 0 Å². The molecule has 0 saturated heterocycles. The minimum absolute atomic E-state index is 0. The molecule has 0 aliphatic heterocycles. The van der Waals surface area contributed by atoms with Crippen molar-refractivity contribution in [3.8, 4) is 0 Å². The van der Waals surface area contributed by atoms with Crippen molar-refractivity contribution in [2.45, 2.75) is 231 Å². The van der Waals surface area contributed by atoms with E-state index in [2.05, 4.69) is 13.8 Å². The van der Waals surface area contributed by atoms with Crippen molar-refractivity contribution >= 4 is 60.8 Å². The maximum atomic E-state index is 11.0. The van der Waals surface area contributed by atoms with Crippen molar-refractivity contribution in [1.29, 1.82) is 0 Å². The minimum Gasteiger partial charge on any atom is -0.547 e. The first-order valence-corrected chi connectivity index (χ1v) is 23.4. The fourth-order valence-electron chi connectivity index (χ4n) is 7.25. The average molecular weight is 949 g/mol. The first-order valence-electron chi connectivity index (χ1n) is 23.4. The number of hydrogen-bond donors (Lipinski definition) is 2. The third-order valence-corrected chi connectivity index (χ3v) is 11.0. The number of ether oxygens (including phenoxy) is 2. The van der Waals surface area contributed by atoms with Crippen LogP contribution < -0.4 is 10.2 Å². The number of aliphatic carboxylic acids is 2. The van der Waals surface area contributed by atoms with E-state index in [1.165, 1.54) is 128 Å². The molecule has 0 bridgehead atoms. The van der Waals surface area contributed by atoms with E-state index in [4.69, 9.17) is 9.47 Å². The number of aliphatic hydroxyl groups is 2. The van der Waals surface area contributed by atoms with Gasteiger partial charge in [-0.2, -0.15) is 0 Å². The number of carbonyl (C=O) groups excluding carboxylic acids is 2. The van der Waals surface area contributed by atoms with Gasteiger partial charge in [0.05, 0.1) is 37.4 Å². The molecule has 59 heavy (non-hydrogen) atoms. The molecular formula is C50H82BaO8. The van der Waals surface area contributed by atoms with Crippen LogP contribution in [0.15, 0.2) is 60.7 Å². The fourth-order valence-corrected chi connectivity index (χ4v) is 7.25. The number of hydrogen-bond acceptors (Lipinski definition) is 8. The average Bonchev–Trinajstić information content (AvgIpc) is 3.23. The number of rotatable bonds is 38. The molecule has 0 spiro atoms. The molecule has 0 aromatic heterocycles. The molecule has 2 N–H and O–H groups in total. The van der Waals surface area contributed by atoms with Crippen LogP contribution in [0.3, 0.4) is 0 Å². The smallest absolute Gasteiger partial charge is 0.547 e. The predicted octanol–water partition coefficient (Wildman–Crippen LogP) is 9.95. The Kier molecular flexibility index (Phi) is 41.2. The maximum absolute atomic E-state index is 11.0. The molecule has 4 atom stereocenters. The Morgan fingerprint density at radius 2 is 0.678 bits per heavy atom. The summed E-state index contributed by atoms with van der Waals surface area (Å²) in [5.41, 5.74) is 1.93. The van der Waals surface area contributed by atoms with Gasteiger partial charge in [0.1, 0.15) is 12.2 Å². The van der Waals surface area contributed by atoms with Crippen molar-refractivity contribution in [1.82, 2.24) is 0 Å². The summed E-state index contributed by atoms with van der Waals surface area (Å²) in [6.45, 7) is 5.11. The Hall–Kier alpha value is -1.21. The summed E-state index contributed by atoms with van der Waals surface area (Å²) < 4.78 is 11.4. The number of benzene rings is 2. The molecule has 0 radical (unpaired) electrons. The topological polar surface area (TPSA) is 139 Å². The van der Waals surface area contributed by atoms with E-state index in [9.17, 15) is 30.0 Å². The van der Waals surface area contributed by atoms with Gasteiger partial charge in [-0.05, 0) is 24.0 Å². The van der Waals surface area contributed by atoms with Crippen LogP contribution in [0.1, 0.15) is 205 Å². The summed E-state index contributed by atoms with van der Waals surface area (Å²) in [6, 6.07) is 19.2. The Labute approximate surface area is 400 Å². The maximum Gasteiger partial charge on any atom is 2.00 e. The zero-order valence-electron chi connectivity index (χ0n) is 37.3. The van der Waals surface area contributed by atoms with Crippen LogP contribution in [0.2, 0.25) is 0 Å². The van der Waals surface area contributed by atoms with Gasteiger partial charge in [0.2, 0.25) is 0 Å². The van der Waals surface area contributed by atoms with Crippen LogP contribution in [-0.4, -0.2) is 95.4 Å². The third kappa shape index (κ3) is 34.0. The van der Waals surface area contributed by atoms with Gasteiger partial charge in [-0.1, -0.05) is 241 Å². The molecule has 2 aromatic carbocycles. The molecule has 0 saturated carbocycles. The quantitative estimate of drug-likeness (QED) is 0.0501. The second-order valence-electron chi connectivity index (χ2n) is 16.3. The molecule has 2 rings (SSSR count). The molecule has 0 fully saturated rings. The molecule has 9 heteroatoms. The van der Waals surface area contributed by atoms with Crippen LogP contribution in [0.5, 0.6) is 0 Å². The number of carboxylic acids is 2. The molecule has 2 aromatic rings. The predicted molar refractivity (Wildman–Crippen MR) is 238 cm³/mol. The van der Waals surface area contributed by atoms with Gasteiger partial charge in [0.25, 0.3) is 0 Å². The summed E-state index contributed by atoms with van der Waals surface area (Å²) in [5.74, 6) is -2.92. The van der Waals surface area contributed by atoms with E-state index in [1.807, 2.05) is 60.7 Å². The third-order valence-electron chi connectivity index (χ3n) is 11.0. The van der Waals surface area contributed by atoms with Gasteiger partial charge in [-0.25, -0.2) is 0 Å². The second-order valence-corrected chi connectivity index (χ2v) is 16.3. The summed E-state index contributed by atoms with van der Waals surface area (Å²) in [5, 5.41) is 41.8. The molecule has 0 amide bonds. The van der Waals surface area contributed by atoms with E-state index in [1.54, 1.807) is 0 Å². The van der Waals surface area contributed by atoms with Crippen molar-refractivity contribution in [2.24, 2.45) is 0 Å². The van der Waals surface area contributed by atoms with Crippen molar-refractivity contribution < 1.29 is 39.5 Å². The fraction of sp³-hybridized carbons (Fsp3) is 0.720. The van der Waals surface area contributed by atoms with E-state index in [-0.39, 0.29) is 48.9 Å². The van der Waals surface area contributed by atoms with Crippen LogP contribution >= 0.6 is 0 Å².